The van der Waals surface area contributed by atoms with Crippen LogP contribution in [0, 0.1) is 6.92 Å². The lowest BCUT2D eigenvalue weighted by Crippen LogP contribution is -2.43. The minimum absolute atomic E-state index is 0.173. The highest BCUT2D eigenvalue weighted by atomic mass is 35.5. The molecule has 34 heavy (non-hydrogen) atoms. The predicted octanol–water partition coefficient (Wildman–Crippen LogP) is 3.85. The molecular formula is C25H23ClN2O6. The van der Waals surface area contributed by atoms with Crippen molar-refractivity contribution in [2.45, 2.75) is 13.5 Å². The number of hydrogen-bond donors (Lipinski definition) is 2. The van der Waals surface area contributed by atoms with Crippen molar-refractivity contribution in [3.05, 3.63) is 94.0 Å². The van der Waals surface area contributed by atoms with E-state index in [9.17, 15) is 14.4 Å². The lowest BCUT2D eigenvalue weighted by Gasteiger charge is -2.12. The summed E-state index contributed by atoms with van der Waals surface area (Å²) in [5.41, 5.74) is 6.94. The van der Waals surface area contributed by atoms with Gasteiger partial charge >= 0.3 is 5.97 Å². The van der Waals surface area contributed by atoms with Gasteiger partial charge in [-0.1, -0.05) is 41.4 Å². The molecule has 0 aromatic heterocycles. The number of halogens is 1. The van der Waals surface area contributed by atoms with E-state index in [4.69, 9.17) is 25.8 Å². The largest absolute Gasteiger partial charge is 0.493 e. The van der Waals surface area contributed by atoms with Crippen molar-refractivity contribution in [2.75, 3.05) is 13.7 Å². The monoisotopic (exact) mass is 482 g/mol. The second-order valence-electron chi connectivity index (χ2n) is 7.23. The van der Waals surface area contributed by atoms with Crippen LogP contribution in [0.5, 0.6) is 11.5 Å². The van der Waals surface area contributed by atoms with E-state index < -0.39 is 24.4 Å². The van der Waals surface area contributed by atoms with Crippen LogP contribution in [0.15, 0.2) is 66.7 Å². The third-order valence-electron chi connectivity index (χ3n) is 4.67. The first-order chi connectivity index (χ1) is 16.4. The van der Waals surface area contributed by atoms with Crippen LogP contribution in [0.3, 0.4) is 0 Å². The van der Waals surface area contributed by atoms with E-state index in [1.165, 1.54) is 19.2 Å². The Kier molecular flexibility index (Phi) is 8.48. The van der Waals surface area contributed by atoms with Crippen molar-refractivity contribution in [2.24, 2.45) is 0 Å². The van der Waals surface area contributed by atoms with E-state index in [0.717, 1.165) is 11.1 Å². The summed E-state index contributed by atoms with van der Waals surface area (Å²) in [6.07, 6.45) is 0. The molecule has 176 valence electrons. The summed E-state index contributed by atoms with van der Waals surface area (Å²) in [6, 6.07) is 18.6. The molecule has 0 unspecified atom stereocenters. The Balaban J connectivity index is 1.49. The van der Waals surface area contributed by atoms with Crippen molar-refractivity contribution in [3.8, 4) is 11.5 Å². The van der Waals surface area contributed by atoms with Gasteiger partial charge in [-0.2, -0.15) is 0 Å². The Morgan fingerprint density at radius 3 is 2.21 bits per heavy atom. The second-order valence-corrected chi connectivity index (χ2v) is 7.66. The molecule has 0 spiro atoms. The summed E-state index contributed by atoms with van der Waals surface area (Å²) in [5, 5.41) is 0.631. The molecule has 0 saturated carbocycles. The average molecular weight is 483 g/mol. The molecule has 0 atom stereocenters. The maximum Gasteiger partial charge on any atom is 0.338 e. The molecule has 0 heterocycles. The molecule has 0 bridgehead atoms. The molecule has 2 N–H and O–H groups in total. The number of esters is 1. The third-order valence-corrected chi connectivity index (χ3v) is 4.92. The quantitative estimate of drug-likeness (QED) is 0.373. The van der Waals surface area contributed by atoms with Crippen molar-refractivity contribution in [3.63, 3.8) is 0 Å². The van der Waals surface area contributed by atoms with Crippen LogP contribution in [-0.2, 0) is 16.1 Å². The maximum atomic E-state index is 12.3. The molecule has 0 aliphatic heterocycles. The summed E-state index contributed by atoms with van der Waals surface area (Å²) in [4.78, 5) is 36.3. The predicted molar refractivity (Wildman–Crippen MR) is 126 cm³/mol. The summed E-state index contributed by atoms with van der Waals surface area (Å²) in [6.45, 7) is 1.60. The molecule has 0 radical (unpaired) electrons. The van der Waals surface area contributed by atoms with E-state index in [1.54, 1.807) is 42.5 Å². The Morgan fingerprint density at radius 2 is 1.53 bits per heavy atom. The van der Waals surface area contributed by atoms with Gasteiger partial charge < -0.3 is 14.2 Å². The first-order valence-corrected chi connectivity index (χ1v) is 10.6. The van der Waals surface area contributed by atoms with Gasteiger partial charge in [0, 0.05) is 10.6 Å². The highest BCUT2D eigenvalue weighted by Crippen LogP contribution is 2.29. The first-order valence-electron chi connectivity index (χ1n) is 10.2. The van der Waals surface area contributed by atoms with Gasteiger partial charge in [0.25, 0.3) is 11.8 Å². The minimum atomic E-state index is -0.734. The number of nitrogens with one attached hydrogen (secondary N) is 2. The molecule has 9 heteroatoms. The van der Waals surface area contributed by atoms with Crippen LogP contribution in [0.1, 0.15) is 31.8 Å². The Morgan fingerprint density at radius 1 is 0.853 bits per heavy atom. The molecule has 2 amide bonds. The molecular weight excluding hydrogens is 460 g/mol. The first kappa shape index (κ1) is 24.6. The fourth-order valence-corrected chi connectivity index (χ4v) is 2.94. The highest BCUT2D eigenvalue weighted by molar-refractivity contribution is 6.30. The van der Waals surface area contributed by atoms with Gasteiger partial charge in [-0.25, -0.2) is 4.79 Å². The number of methoxy groups -OCH3 is 1. The summed E-state index contributed by atoms with van der Waals surface area (Å²) in [5.74, 6) is -1.14. The van der Waals surface area contributed by atoms with Gasteiger partial charge in [0.05, 0.1) is 12.7 Å². The average Bonchev–Trinajstić information content (AvgIpc) is 2.85. The zero-order valence-electron chi connectivity index (χ0n) is 18.6. The van der Waals surface area contributed by atoms with Gasteiger partial charge in [0.15, 0.2) is 18.1 Å². The van der Waals surface area contributed by atoms with Crippen molar-refractivity contribution in [1.29, 1.82) is 0 Å². The molecule has 0 fully saturated rings. The fraction of sp³-hybridized carbons (Fsp3) is 0.160. The molecule has 0 aliphatic rings. The van der Waals surface area contributed by atoms with Crippen LogP contribution in [0.4, 0.5) is 0 Å². The number of aryl methyl sites for hydroxylation is 1. The van der Waals surface area contributed by atoms with E-state index in [-0.39, 0.29) is 12.2 Å². The number of carbonyl (C=O) groups excluding carboxylic acids is 3. The highest BCUT2D eigenvalue weighted by Gasteiger charge is 2.15. The molecule has 8 nitrogen and oxygen atoms in total. The normalized spacial score (nSPS) is 10.2. The van der Waals surface area contributed by atoms with Crippen LogP contribution in [-0.4, -0.2) is 31.5 Å². The summed E-state index contributed by atoms with van der Waals surface area (Å²) < 4.78 is 16.1. The van der Waals surface area contributed by atoms with Crippen molar-refractivity contribution >= 4 is 29.4 Å². The molecule has 0 saturated heterocycles. The van der Waals surface area contributed by atoms with Gasteiger partial charge in [-0.3, -0.25) is 20.4 Å². The molecule has 0 aliphatic carbocycles. The van der Waals surface area contributed by atoms with Gasteiger partial charge in [0.1, 0.15) is 6.61 Å². The summed E-state index contributed by atoms with van der Waals surface area (Å²) in [7, 11) is 1.45. The van der Waals surface area contributed by atoms with Crippen LogP contribution >= 0.6 is 11.6 Å². The zero-order valence-corrected chi connectivity index (χ0v) is 19.3. The molecule has 3 aromatic rings. The van der Waals surface area contributed by atoms with Crippen LogP contribution < -0.4 is 20.3 Å². The minimum Gasteiger partial charge on any atom is -0.493 e. The SMILES string of the molecule is COc1cc(C(=O)OCC(=O)NNC(=O)c2ccc(C)cc2)ccc1OCc1ccc(Cl)cc1. The fourth-order valence-electron chi connectivity index (χ4n) is 2.81. The molecule has 3 rings (SSSR count). The van der Waals surface area contributed by atoms with Gasteiger partial charge in [-0.05, 0) is 55.0 Å². The standard InChI is InChI=1S/C25H23ClN2O6/c1-16-3-7-18(8-4-16)24(30)28-27-23(29)15-34-25(31)19-9-12-21(22(13-19)32-2)33-14-17-5-10-20(26)11-6-17/h3-13H,14-15H2,1-2H3,(H,27,29)(H,28,30). The van der Waals surface area contributed by atoms with Gasteiger partial charge in [-0.15, -0.1) is 0 Å². The molecule has 3 aromatic carbocycles. The summed E-state index contributed by atoms with van der Waals surface area (Å²) >= 11 is 5.88. The second kappa shape index (κ2) is 11.7. The zero-order chi connectivity index (χ0) is 24.5. The number of hydrogen-bond acceptors (Lipinski definition) is 6. The topological polar surface area (TPSA) is 103 Å². The lowest BCUT2D eigenvalue weighted by molar-refractivity contribution is -0.125. The Bertz CT molecular complexity index is 1160. The van der Waals surface area contributed by atoms with Crippen molar-refractivity contribution in [1.82, 2.24) is 10.9 Å². The number of rotatable bonds is 8. The number of ether oxygens (including phenoxy) is 3. The number of hydrazine groups is 1. The number of amides is 2. The Hall–Kier alpha value is -4.04. The van der Waals surface area contributed by atoms with Crippen LogP contribution in [0.25, 0.3) is 0 Å². The van der Waals surface area contributed by atoms with Gasteiger partial charge in [0.2, 0.25) is 0 Å². The Labute approximate surface area is 201 Å². The van der Waals surface area contributed by atoms with Crippen molar-refractivity contribution < 1.29 is 28.6 Å². The van der Waals surface area contributed by atoms with E-state index >= 15 is 0 Å². The van der Waals surface area contributed by atoms with E-state index in [2.05, 4.69) is 10.9 Å². The number of carbonyl (C=O) groups is 3. The van der Waals surface area contributed by atoms with Crippen LogP contribution in [0.2, 0.25) is 5.02 Å². The third kappa shape index (κ3) is 6.98. The van der Waals surface area contributed by atoms with E-state index in [0.29, 0.717) is 22.1 Å². The van der Waals surface area contributed by atoms with E-state index in [1.807, 2.05) is 19.1 Å². The lowest BCUT2D eigenvalue weighted by atomic mass is 10.1. The number of benzene rings is 3. The smallest absolute Gasteiger partial charge is 0.338 e. The maximum absolute atomic E-state index is 12.3.